The van der Waals surface area contributed by atoms with Gasteiger partial charge in [0.1, 0.15) is 6.04 Å². The van der Waals surface area contributed by atoms with E-state index in [2.05, 4.69) is 26.0 Å². The predicted molar refractivity (Wildman–Crippen MR) is 109 cm³/mol. The van der Waals surface area contributed by atoms with E-state index in [-0.39, 0.29) is 11.4 Å². The maximum atomic E-state index is 12.4. The molecule has 0 bridgehead atoms. The molecule has 0 fully saturated rings. The number of esters is 1. The zero-order chi connectivity index (χ0) is 21.4. The number of sulfonamides is 1. The van der Waals surface area contributed by atoms with Crippen LogP contribution in [-0.4, -0.2) is 44.2 Å². The lowest BCUT2D eigenvalue weighted by Crippen LogP contribution is -2.46. The van der Waals surface area contributed by atoms with Gasteiger partial charge < -0.3 is 15.2 Å². The van der Waals surface area contributed by atoms with Crippen molar-refractivity contribution in [1.82, 2.24) is 10.0 Å². The number of amides is 1. The quantitative estimate of drug-likeness (QED) is 0.461. The minimum Gasteiger partial charge on any atom is -0.451 e. The molecule has 10 heteroatoms. The molecule has 0 unspecified atom stereocenters. The second kappa shape index (κ2) is 10.5. The lowest BCUT2D eigenvalue weighted by molar-refractivity contribution is -0.157. The zero-order valence-electron chi connectivity index (χ0n) is 15.5. The number of benzene rings is 2. The standard InChI is InChI=1S/C19H21BrN2O6S/c1-13(18(24)21-11-14-5-3-2-4-6-14)28-19(25)17(12-23)22-29(26,27)16-9-7-15(20)8-10-16/h2-10,13,17,22-23H,11-12H2,1H3,(H,21,24)/t13-,17-/m0/s1. The molecule has 1 amide bonds. The number of aliphatic hydroxyl groups excluding tert-OH is 1. The van der Waals surface area contributed by atoms with Gasteiger partial charge in [0.25, 0.3) is 5.91 Å². The summed E-state index contributed by atoms with van der Waals surface area (Å²) in [5.41, 5.74) is 0.870. The van der Waals surface area contributed by atoms with E-state index in [1.165, 1.54) is 31.2 Å². The number of rotatable bonds is 9. The van der Waals surface area contributed by atoms with E-state index in [4.69, 9.17) is 4.74 Å². The highest BCUT2D eigenvalue weighted by Crippen LogP contribution is 2.15. The molecule has 0 aliphatic carbocycles. The Labute approximate surface area is 177 Å². The van der Waals surface area contributed by atoms with Gasteiger partial charge in [0.05, 0.1) is 11.5 Å². The first-order chi connectivity index (χ1) is 13.7. The first kappa shape index (κ1) is 23.0. The fourth-order valence-corrected chi connectivity index (χ4v) is 3.71. The van der Waals surface area contributed by atoms with Crippen LogP contribution in [0.4, 0.5) is 0 Å². The topological polar surface area (TPSA) is 122 Å². The normalized spacial score (nSPS) is 13.3. The largest absolute Gasteiger partial charge is 0.451 e. The van der Waals surface area contributed by atoms with Crippen LogP contribution in [-0.2, 0) is 30.9 Å². The molecule has 29 heavy (non-hydrogen) atoms. The summed E-state index contributed by atoms with van der Waals surface area (Å²) in [6.45, 7) is 0.782. The highest BCUT2D eigenvalue weighted by molar-refractivity contribution is 9.10. The molecule has 3 N–H and O–H groups in total. The molecular weight excluding hydrogens is 464 g/mol. The van der Waals surface area contributed by atoms with Crippen LogP contribution in [0.1, 0.15) is 12.5 Å². The lowest BCUT2D eigenvalue weighted by atomic mass is 10.2. The second-order valence-corrected chi connectivity index (χ2v) is 8.72. The Morgan fingerprint density at radius 3 is 2.31 bits per heavy atom. The highest BCUT2D eigenvalue weighted by Gasteiger charge is 2.29. The number of hydrogen-bond acceptors (Lipinski definition) is 6. The summed E-state index contributed by atoms with van der Waals surface area (Å²) in [6, 6.07) is 13.3. The zero-order valence-corrected chi connectivity index (χ0v) is 17.9. The summed E-state index contributed by atoms with van der Waals surface area (Å²) in [6.07, 6.45) is -1.17. The third-order valence-corrected chi connectivity index (χ3v) is 5.88. The summed E-state index contributed by atoms with van der Waals surface area (Å²) in [4.78, 5) is 24.3. The maximum absolute atomic E-state index is 12.4. The van der Waals surface area contributed by atoms with Crippen LogP contribution in [0.2, 0.25) is 0 Å². The molecule has 0 saturated carbocycles. The van der Waals surface area contributed by atoms with E-state index >= 15 is 0 Å². The van der Waals surface area contributed by atoms with Crippen LogP contribution in [0.25, 0.3) is 0 Å². The van der Waals surface area contributed by atoms with Crippen LogP contribution < -0.4 is 10.0 Å². The maximum Gasteiger partial charge on any atom is 0.327 e. The number of carbonyl (C=O) groups is 2. The van der Waals surface area contributed by atoms with Gasteiger partial charge in [0.15, 0.2) is 6.10 Å². The van der Waals surface area contributed by atoms with Crippen molar-refractivity contribution in [1.29, 1.82) is 0 Å². The highest BCUT2D eigenvalue weighted by atomic mass is 79.9. The number of halogens is 1. The van der Waals surface area contributed by atoms with Crippen molar-refractivity contribution < 1.29 is 27.9 Å². The van der Waals surface area contributed by atoms with Gasteiger partial charge in [0, 0.05) is 11.0 Å². The fraction of sp³-hybridized carbons (Fsp3) is 0.263. The van der Waals surface area contributed by atoms with Crippen molar-refractivity contribution in [2.75, 3.05) is 6.61 Å². The lowest BCUT2D eigenvalue weighted by Gasteiger charge is -2.19. The van der Waals surface area contributed by atoms with Crippen molar-refractivity contribution in [2.45, 2.75) is 30.5 Å². The summed E-state index contributed by atoms with van der Waals surface area (Å²) in [7, 11) is -4.07. The molecule has 0 aromatic heterocycles. The Bertz CT molecular complexity index is 935. The number of hydrogen-bond donors (Lipinski definition) is 3. The number of aliphatic hydroxyl groups is 1. The van der Waals surface area contributed by atoms with Crippen molar-refractivity contribution in [3.63, 3.8) is 0 Å². The molecular formula is C19H21BrN2O6S. The van der Waals surface area contributed by atoms with Crippen molar-refractivity contribution in [2.24, 2.45) is 0 Å². The van der Waals surface area contributed by atoms with Gasteiger partial charge in [-0.3, -0.25) is 9.59 Å². The molecule has 2 atom stereocenters. The van der Waals surface area contributed by atoms with Crippen LogP contribution in [0.3, 0.4) is 0 Å². The molecule has 0 radical (unpaired) electrons. The molecule has 2 aromatic rings. The molecule has 0 heterocycles. The first-order valence-corrected chi connectivity index (χ1v) is 10.9. The predicted octanol–water partition coefficient (Wildman–Crippen LogP) is 1.34. The molecule has 0 aliphatic rings. The van der Waals surface area contributed by atoms with Crippen LogP contribution in [0.15, 0.2) is 64.0 Å². The van der Waals surface area contributed by atoms with E-state index < -0.39 is 40.7 Å². The van der Waals surface area contributed by atoms with Crippen molar-refractivity contribution >= 4 is 37.8 Å². The summed E-state index contributed by atoms with van der Waals surface area (Å²) >= 11 is 3.20. The molecule has 8 nitrogen and oxygen atoms in total. The molecule has 2 rings (SSSR count). The molecule has 0 spiro atoms. The average Bonchev–Trinajstić information content (AvgIpc) is 2.71. The SMILES string of the molecule is C[C@H](OC(=O)[C@H](CO)NS(=O)(=O)c1ccc(Br)cc1)C(=O)NCc1ccccc1. The van der Waals surface area contributed by atoms with E-state index in [1.54, 1.807) is 0 Å². The first-order valence-electron chi connectivity index (χ1n) is 8.64. The van der Waals surface area contributed by atoms with Gasteiger partial charge in [-0.15, -0.1) is 0 Å². The Balaban J connectivity index is 1.94. The van der Waals surface area contributed by atoms with Gasteiger partial charge in [-0.1, -0.05) is 46.3 Å². The minimum atomic E-state index is -4.07. The van der Waals surface area contributed by atoms with Gasteiger partial charge >= 0.3 is 5.97 Å². The van der Waals surface area contributed by atoms with Crippen molar-refractivity contribution in [3.8, 4) is 0 Å². The molecule has 156 valence electrons. The van der Waals surface area contributed by atoms with Gasteiger partial charge in [-0.05, 0) is 36.8 Å². The van der Waals surface area contributed by atoms with Crippen LogP contribution >= 0.6 is 15.9 Å². The number of nitrogens with one attached hydrogen (secondary N) is 2. The number of carbonyl (C=O) groups excluding carboxylic acids is 2. The van der Waals surface area contributed by atoms with E-state index in [0.29, 0.717) is 4.47 Å². The van der Waals surface area contributed by atoms with Gasteiger partial charge in [0.2, 0.25) is 10.0 Å². The second-order valence-electron chi connectivity index (χ2n) is 6.09. The number of ether oxygens (including phenoxy) is 1. The summed E-state index contributed by atoms with van der Waals surface area (Å²) in [5, 5.41) is 12.0. The third-order valence-electron chi connectivity index (χ3n) is 3.86. The Morgan fingerprint density at radius 1 is 1.10 bits per heavy atom. The van der Waals surface area contributed by atoms with E-state index in [1.807, 2.05) is 30.3 Å². The Hall–Kier alpha value is -2.27. The fourth-order valence-electron chi connectivity index (χ4n) is 2.27. The van der Waals surface area contributed by atoms with E-state index in [0.717, 1.165) is 5.56 Å². The monoisotopic (exact) mass is 484 g/mol. The minimum absolute atomic E-state index is 0.0828. The van der Waals surface area contributed by atoms with Crippen LogP contribution in [0, 0.1) is 0 Å². The average molecular weight is 485 g/mol. The Morgan fingerprint density at radius 2 is 1.72 bits per heavy atom. The third kappa shape index (κ3) is 6.93. The summed E-state index contributed by atoms with van der Waals surface area (Å²) in [5.74, 6) is -1.61. The Kier molecular flexibility index (Phi) is 8.32. The smallest absolute Gasteiger partial charge is 0.327 e. The van der Waals surface area contributed by atoms with Gasteiger partial charge in [-0.25, -0.2) is 8.42 Å². The molecule has 0 saturated heterocycles. The van der Waals surface area contributed by atoms with Crippen molar-refractivity contribution in [3.05, 3.63) is 64.6 Å². The van der Waals surface area contributed by atoms with Gasteiger partial charge in [-0.2, -0.15) is 4.72 Å². The van der Waals surface area contributed by atoms with E-state index in [9.17, 15) is 23.1 Å². The summed E-state index contributed by atoms with van der Waals surface area (Å²) < 4.78 is 32.5. The van der Waals surface area contributed by atoms with Crippen LogP contribution in [0.5, 0.6) is 0 Å². The molecule has 0 aliphatic heterocycles. The molecule has 2 aromatic carbocycles.